The van der Waals surface area contributed by atoms with Gasteiger partial charge in [0.05, 0.1) is 16.9 Å². The van der Waals surface area contributed by atoms with E-state index in [1.165, 1.54) is 30.6 Å². The van der Waals surface area contributed by atoms with Crippen LogP contribution < -0.4 is 15.5 Å². The number of fused-ring (bicyclic) bond motifs is 2. The van der Waals surface area contributed by atoms with Gasteiger partial charge in [-0.2, -0.15) is 0 Å². The van der Waals surface area contributed by atoms with Gasteiger partial charge in [-0.05, 0) is 50.1 Å². The number of aromatic nitrogens is 1. The molecule has 0 spiro atoms. The van der Waals surface area contributed by atoms with Gasteiger partial charge in [-0.1, -0.05) is 38.3 Å². The van der Waals surface area contributed by atoms with Gasteiger partial charge in [0.2, 0.25) is 0 Å². The Morgan fingerprint density at radius 1 is 1.13 bits per heavy atom. The SMILES string of the molecule is CCCCCCN1CCC(NC(=O)N2c3ccccc3C(=O)Nc3cccnc32)CC1. The van der Waals surface area contributed by atoms with Crippen molar-refractivity contribution in [3.8, 4) is 0 Å². The molecule has 7 heteroatoms. The molecular formula is C24H31N5O2. The monoisotopic (exact) mass is 421 g/mol. The highest BCUT2D eigenvalue weighted by molar-refractivity contribution is 6.16. The number of unbranched alkanes of at least 4 members (excludes halogenated alkanes) is 3. The van der Waals surface area contributed by atoms with Crippen LogP contribution in [0.25, 0.3) is 0 Å². The molecule has 0 aliphatic carbocycles. The first kappa shape index (κ1) is 21.3. The first-order valence-electron chi connectivity index (χ1n) is 11.4. The first-order chi connectivity index (χ1) is 15.2. The number of likely N-dealkylation sites (tertiary alicyclic amines) is 1. The molecule has 2 aromatic rings. The topological polar surface area (TPSA) is 77.6 Å². The third kappa shape index (κ3) is 4.88. The van der Waals surface area contributed by atoms with Crippen molar-refractivity contribution in [1.29, 1.82) is 0 Å². The van der Waals surface area contributed by atoms with Crippen LogP contribution in [0.15, 0.2) is 42.6 Å². The summed E-state index contributed by atoms with van der Waals surface area (Å²) < 4.78 is 0. The Kier molecular flexibility index (Phi) is 6.82. The Hall–Kier alpha value is -2.93. The lowest BCUT2D eigenvalue weighted by Crippen LogP contribution is -2.48. The average Bonchev–Trinajstić information content (AvgIpc) is 2.92. The van der Waals surface area contributed by atoms with E-state index in [0.29, 0.717) is 22.8 Å². The van der Waals surface area contributed by atoms with Gasteiger partial charge in [0.25, 0.3) is 5.91 Å². The fourth-order valence-electron chi connectivity index (χ4n) is 4.34. The molecule has 1 aromatic heterocycles. The zero-order valence-corrected chi connectivity index (χ0v) is 18.1. The lowest BCUT2D eigenvalue weighted by molar-refractivity contribution is 0.102. The van der Waals surface area contributed by atoms with Crippen LogP contribution in [-0.4, -0.2) is 47.5 Å². The molecule has 1 aromatic carbocycles. The number of hydrogen-bond acceptors (Lipinski definition) is 4. The number of hydrogen-bond donors (Lipinski definition) is 2. The first-order valence-corrected chi connectivity index (χ1v) is 11.4. The molecule has 1 saturated heterocycles. The van der Waals surface area contributed by atoms with E-state index in [2.05, 4.69) is 27.4 Å². The van der Waals surface area contributed by atoms with E-state index in [4.69, 9.17) is 0 Å². The molecule has 2 N–H and O–H groups in total. The van der Waals surface area contributed by atoms with Crippen LogP contribution in [0.1, 0.15) is 55.8 Å². The average molecular weight is 422 g/mol. The van der Waals surface area contributed by atoms with Gasteiger partial charge >= 0.3 is 6.03 Å². The van der Waals surface area contributed by atoms with Crippen molar-refractivity contribution >= 4 is 29.1 Å². The summed E-state index contributed by atoms with van der Waals surface area (Å²) in [5.41, 5.74) is 1.53. The van der Waals surface area contributed by atoms with Crippen LogP contribution in [0, 0.1) is 0 Å². The summed E-state index contributed by atoms with van der Waals surface area (Å²) in [5.74, 6) is 0.197. The number of amides is 3. The van der Waals surface area contributed by atoms with Gasteiger partial charge in [0, 0.05) is 25.3 Å². The Morgan fingerprint density at radius 2 is 1.94 bits per heavy atom. The van der Waals surface area contributed by atoms with Crippen LogP contribution in [-0.2, 0) is 0 Å². The van der Waals surface area contributed by atoms with E-state index >= 15 is 0 Å². The summed E-state index contributed by atoms with van der Waals surface area (Å²) in [7, 11) is 0. The Balaban J connectivity index is 1.45. The number of pyridine rings is 1. The van der Waals surface area contributed by atoms with Crippen LogP contribution in [0.4, 0.5) is 22.0 Å². The van der Waals surface area contributed by atoms with Crippen LogP contribution >= 0.6 is 0 Å². The molecular weight excluding hydrogens is 390 g/mol. The van der Waals surface area contributed by atoms with Crippen molar-refractivity contribution in [2.24, 2.45) is 0 Å². The molecule has 2 aliphatic rings. The zero-order valence-electron chi connectivity index (χ0n) is 18.1. The highest BCUT2D eigenvalue weighted by atomic mass is 16.2. The minimum atomic E-state index is -0.245. The van der Waals surface area contributed by atoms with Crippen molar-refractivity contribution in [3.05, 3.63) is 48.2 Å². The quantitative estimate of drug-likeness (QED) is 0.672. The Bertz CT molecular complexity index is 924. The number of urea groups is 1. The molecule has 2 aliphatic heterocycles. The van der Waals surface area contributed by atoms with E-state index in [0.717, 1.165) is 32.5 Å². The van der Waals surface area contributed by atoms with Gasteiger partial charge in [-0.15, -0.1) is 0 Å². The number of nitrogens with one attached hydrogen (secondary N) is 2. The number of rotatable bonds is 6. The second kappa shape index (κ2) is 9.92. The molecule has 0 unspecified atom stereocenters. The third-order valence-electron chi connectivity index (χ3n) is 6.08. The minimum absolute atomic E-state index is 0.116. The van der Waals surface area contributed by atoms with Crippen molar-refractivity contribution in [2.45, 2.75) is 51.5 Å². The molecule has 3 heterocycles. The van der Waals surface area contributed by atoms with Crippen molar-refractivity contribution in [3.63, 3.8) is 0 Å². The molecule has 0 saturated carbocycles. The fraction of sp³-hybridized carbons (Fsp3) is 0.458. The van der Waals surface area contributed by atoms with Crippen LogP contribution in [0.5, 0.6) is 0 Å². The number of para-hydroxylation sites is 1. The molecule has 3 amide bonds. The Morgan fingerprint density at radius 3 is 2.74 bits per heavy atom. The van der Waals surface area contributed by atoms with E-state index < -0.39 is 0 Å². The van der Waals surface area contributed by atoms with Crippen molar-refractivity contribution in [1.82, 2.24) is 15.2 Å². The van der Waals surface area contributed by atoms with Crippen molar-refractivity contribution in [2.75, 3.05) is 29.9 Å². The smallest absolute Gasteiger partial charge is 0.328 e. The predicted molar refractivity (Wildman–Crippen MR) is 123 cm³/mol. The molecule has 7 nitrogen and oxygen atoms in total. The molecule has 0 atom stereocenters. The van der Waals surface area contributed by atoms with E-state index in [1.807, 2.05) is 6.07 Å². The molecule has 164 valence electrons. The van der Waals surface area contributed by atoms with E-state index in [1.54, 1.807) is 36.5 Å². The van der Waals surface area contributed by atoms with Crippen LogP contribution in [0.2, 0.25) is 0 Å². The number of carbonyl (C=O) groups is 2. The van der Waals surface area contributed by atoms with Gasteiger partial charge in [-0.25, -0.2) is 14.7 Å². The second-order valence-electron chi connectivity index (χ2n) is 8.31. The summed E-state index contributed by atoms with van der Waals surface area (Å²) in [4.78, 5) is 34.5. The number of anilines is 3. The fourth-order valence-corrected chi connectivity index (χ4v) is 4.34. The summed E-state index contributed by atoms with van der Waals surface area (Å²) in [5, 5.41) is 6.06. The van der Waals surface area contributed by atoms with Gasteiger partial charge in [-0.3, -0.25) is 4.79 Å². The normalized spacial score (nSPS) is 16.8. The van der Waals surface area contributed by atoms with E-state index in [-0.39, 0.29) is 18.0 Å². The maximum Gasteiger partial charge on any atom is 0.328 e. The Labute approximate surface area is 183 Å². The van der Waals surface area contributed by atoms with Crippen LogP contribution in [0.3, 0.4) is 0 Å². The second-order valence-corrected chi connectivity index (χ2v) is 8.31. The number of nitrogens with zero attached hydrogens (tertiary/aromatic N) is 3. The zero-order chi connectivity index (χ0) is 21.6. The lowest BCUT2D eigenvalue weighted by atomic mass is 10.0. The molecule has 0 bridgehead atoms. The summed E-state index contributed by atoms with van der Waals surface area (Å²) in [6.45, 7) is 5.38. The predicted octanol–water partition coefficient (Wildman–Crippen LogP) is 4.54. The molecule has 4 rings (SSSR count). The van der Waals surface area contributed by atoms with Crippen molar-refractivity contribution < 1.29 is 9.59 Å². The highest BCUT2D eigenvalue weighted by Gasteiger charge is 2.31. The number of piperidine rings is 1. The number of carbonyl (C=O) groups excluding carboxylic acids is 2. The summed E-state index contributed by atoms with van der Waals surface area (Å²) >= 11 is 0. The molecule has 1 fully saturated rings. The van der Waals surface area contributed by atoms with Gasteiger partial charge < -0.3 is 15.5 Å². The minimum Gasteiger partial charge on any atom is -0.335 e. The van der Waals surface area contributed by atoms with Gasteiger partial charge in [0.15, 0.2) is 5.82 Å². The lowest BCUT2D eigenvalue weighted by Gasteiger charge is -2.33. The largest absolute Gasteiger partial charge is 0.335 e. The number of benzene rings is 1. The maximum atomic E-state index is 13.4. The summed E-state index contributed by atoms with van der Waals surface area (Å²) in [6.07, 6.45) is 8.60. The maximum absolute atomic E-state index is 13.4. The summed E-state index contributed by atoms with van der Waals surface area (Å²) in [6, 6.07) is 10.5. The standard InChI is InChI=1S/C24H31N5O2/c1-2-3-4-7-15-28-16-12-18(13-17-28)26-24(31)29-21-11-6-5-9-19(21)23(30)27-20-10-8-14-25-22(20)29/h5-6,8-11,14,18H,2-4,7,12-13,15-17H2,1H3,(H,26,31)(H,27,30). The molecule has 0 radical (unpaired) electrons. The third-order valence-corrected chi connectivity index (χ3v) is 6.08. The van der Waals surface area contributed by atoms with Gasteiger partial charge in [0.1, 0.15) is 0 Å². The molecule has 31 heavy (non-hydrogen) atoms. The van der Waals surface area contributed by atoms with E-state index in [9.17, 15) is 9.59 Å². The highest BCUT2D eigenvalue weighted by Crippen LogP contribution is 2.36.